The molecular weight excluding hydrogens is 382 g/mol. The summed E-state index contributed by atoms with van der Waals surface area (Å²) in [5.41, 5.74) is 0.727. The number of hydrogen-bond acceptors (Lipinski definition) is 3. The molecule has 25 heavy (non-hydrogen) atoms. The minimum absolute atomic E-state index is 0.0235. The van der Waals surface area contributed by atoms with E-state index in [9.17, 15) is 22.4 Å². The lowest BCUT2D eigenvalue weighted by Crippen LogP contribution is -2.15. The van der Waals surface area contributed by atoms with Gasteiger partial charge in [0.1, 0.15) is 5.75 Å². The highest BCUT2D eigenvalue weighted by molar-refractivity contribution is 7.99. The number of carbonyl (C=O) groups is 1. The maximum atomic E-state index is 12.6. The first-order chi connectivity index (χ1) is 11.8. The fourth-order valence-electron chi connectivity index (χ4n) is 1.98. The summed E-state index contributed by atoms with van der Waals surface area (Å²) in [4.78, 5) is 12.2. The van der Waals surface area contributed by atoms with E-state index < -0.39 is 18.3 Å². The Morgan fingerprint density at radius 2 is 1.80 bits per heavy atom. The van der Waals surface area contributed by atoms with Crippen molar-refractivity contribution in [2.75, 3.05) is 5.32 Å². The highest BCUT2D eigenvalue weighted by Gasteiger charge is 2.15. The summed E-state index contributed by atoms with van der Waals surface area (Å²) in [5.74, 6) is -3.16. The first kappa shape index (κ1) is 19.4. The molecule has 1 N–H and O–H groups in total. The number of amides is 1. The van der Waals surface area contributed by atoms with Crippen molar-refractivity contribution in [2.45, 2.75) is 23.7 Å². The molecule has 0 spiro atoms. The molecule has 0 unspecified atom stereocenters. The molecule has 0 bridgehead atoms. The minimum Gasteiger partial charge on any atom is -0.435 e. The van der Waals surface area contributed by atoms with Crippen molar-refractivity contribution in [2.24, 2.45) is 0 Å². The Balaban J connectivity index is 2.04. The average molecular weight is 394 g/mol. The molecule has 2 rings (SSSR count). The predicted octanol–water partition coefficient (Wildman–Crippen LogP) is 5.44. The highest BCUT2D eigenvalue weighted by Crippen LogP contribution is 2.37. The van der Waals surface area contributed by atoms with Gasteiger partial charge in [0, 0.05) is 0 Å². The fourth-order valence-corrected chi connectivity index (χ4v) is 2.90. The van der Waals surface area contributed by atoms with E-state index in [-0.39, 0.29) is 39.5 Å². The molecule has 0 aliphatic carbocycles. The van der Waals surface area contributed by atoms with Crippen LogP contribution in [-0.2, 0) is 11.2 Å². The summed E-state index contributed by atoms with van der Waals surface area (Å²) in [6.45, 7) is -2.93. The van der Waals surface area contributed by atoms with Crippen LogP contribution in [0, 0.1) is 0 Å². The third-order valence-corrected chi connectivity index (χ3v) is 4.24. The molecule has 0 atom stereocenters. The quantitative estimate of drug-likeness (QED) is 0.503. The van der Waals surface area contributed by atoms with Crippen LogP contribution in [0.3, 0.4) is 0 Å². The van der Waals surface area contributed by atoms with Gasteiger partial charge in [-0.2, -0.15) is 17.6 Å². The van der Waals surface area contributed by atoms with Crippen molar-refractivity contribution >= 4 is 35.0 Å². The van der Waals surface area contributed by atoms with Crippen molar-refractivity contribution in [1.82, 2.24) is 0 Å². The van der Waals surface area contributed by atoms with Crippen LogP contribution >= 0.6 is 23.4 Å². The summed E-state index contributed by atoms with van der Waals surface area (Å²) >= 11 is 6.14. The van der Waals surface area contributed by atoms with Crippen LogP contribution in [-0.4, -0.2) is 18.3 Å². The number of alkyl halides is 4. The molecule has 0 saturated heterocycles. The first-order valence-corrected chi connectivity index (χ1v) is 8.18. The van der Waals surface area contributed by atoms with E-state index in [4.69, 9.17) is 11.6 Å². The summed E-state index contributed by atoms with van der Waals surface area (Å²) < 4.78 is 53.6. The van der Waals surface area contributed by atoms with Crippen molar-refractivity contribution in [3.8, 4) is 5.75 Å². The van der Waals surface area contributed by atoms with Gasteiger partial charge in [-0.3, -0.25) is 4.79 Å². The van der Waals surface area contributed by atoms with Crippen LogP contribution in [0.2, 0.25) is 5.02 Å². The van der Waals surface area contributed by atoms with Gasteiger partial charge in [0.05, 0.1) is 22.0 Å². The lowest BCUT2D eigenvalue weighted by Gasteiger charge is -2.12. The standard InChI is InChI=1S/C16H12ClF4NO2S/c17-11-2-1-3-12(14(11)25-16(20)21)22-13(23)8-9-4-6-10(7-5-9)24-15(18)19/h1-7,15-16H,8H2,(H,22,23). The highest BCUT2D eigenvalue weighted by atomic mass is 35.5. The monoisotopic (exact) mass is 393 g/mol. The topological polar surface area (TPSA) is 38.3 Å². The van der Waals surface area contributed by atoms with Gasteiger partial charge in [0.15, 0.2) is 0 Å². The fraction of sp³-hybridized carbons (Fsp3) is 0.188. The molecule has 134 valence electrons. The maximum absolute atomic E-state index is 12.6. The molecule has 0 saturated carbocycles. The van der Waals surface area contributed by atoms with Gasteiger partial charge in [-0.15, -0.1) is 0 Å². The Kier molecular flexibility index (Phi) is 6.95. The van der Waals surface area contributed by atoms with E-state index in [1.807, 2.05) is 0 Å². The van der Waals surface area contributed by atoms with Gasteiger partial charge in [-0.25, -0.2) is 0 Å². The van der Waals surface area contributed by atoms with Crippen LogP contribution in [0.4, 0.5) is 23.2 Å². The van der Waals surface area contributed by atoms with Gasteiger partial charge in [-0.05, 0) is 29.8 Å². The molecule has 9 heteroatoms. The molecule has 3 nitrogen and oxygen atoms in total. The van der Waals surface area contributed by atoms with E-state index in [2.05, 4.69) is 10.1 Å². The molecule has 0 fully saturated rings. The summed E-state index contributed by atoms with van der Waals surface area (Å²) in [5, 5.41) is 2.63. The lowest BCUT2D eigenvalue weighted by molar-refractivity contribution is -0.115. The van der Waals surface area contributed by atoms with Crippen LogP contribution in [0.15, 0.2) is 47.4 Å². The number of ether oxygens (including phenoxy) is 1. The zero-order chi connectivity index (χ0) is 18.4. The Hall–Kier alpha value is -1.93. The van der Waals surface area contributed by atoms with E-state index in [1.165, 1.54) is 42.5 Å². The third kappa shape index (κ3) is 6.13. The van der Waals surface area contributed by atoms with Crippen molar-refractivity contribution in [3.63, 3.8) is 0 Å². The van der Waals surface area contributed by atoms with Gasteiger partial charge in [0.2, 0.25) is 5.91 Å². The zero-order valence-electron chi connectivity index (χ0n) is 12.5. The molecular formula is C16H12ClF4NO2S. The van der Waals surface area contributed by atoms with E-state index >= 15 is 0 Å². The lowest BCUT2D eigenvalue weighted by atomic mass is 10.1. The molecule has 0 aliphatic rings. The predicted molar refractivity (Wildman–Crippen MR) is 88.7 cm³/mol. The second-order valence-electron chi connectivity index (χ2n) is 4.74. The normalized spacial score (nSPS) is 11.0. The number of hydrogen-bond donors (Lipinski definition) is 1. The molecule has 0 aliphatic heterocycles. The number of rotatable bonds is 7. The largest absolute Gasteiger partial charge is 0.435 e. The zero-order valence-corrected chi connectivity index (χ0v) is 14.1. The van der Waals surface area contributed by atoms with E-state index in [1.54, 1.807) is 0 Å². The van der Waals surface area contributed by atoms with Gasteiger partial charge >= 0.3 is 6.61 Å². The summed E-state index contributed by atoms with van der Waals surface area (Å²) in [7, 11) is 0. The van der Waals surface area contributed by atoms with Crippen molar-refractivity contribution in [1.29, 1.82) is 0 Å². The minimum atomic E-state index is -2.93. The molecule has 2 aromatic carbocycles. The molecule has 0 aromatic heterocycles. The van der Waals surface area contributed by atoms with Gasteiger partial charge in [-0.1, -0.05) is 41.6 Å². The first-order valence-electron chi connectivity index (χ1n) is 6.92. The van der Waals surface area contributed by atoms with Crippen LogP contribution in [0.5, 0.6) is 5.75 Å². The van der Waals surface area contributed by atoms with Crippen LogP contribution in [0.1, 0.15) is 5.56 Å². The van der Waals surface area contributed by atoms with Crippen molar-refractivity contribution < 1.29 is 27.1 Å². The molecule has 0 heterocycles. The molecule has 0 radical (unpaired) electrons. The SMILES string of the molecule is O=C(Cc1ccc(OC(F)F)cc1)Nc1cccc(Cl)c1SC(F)F. The number of anilines is 1. The Morgan fingerprint density at radius 3 is 2.40 bits per heavy atom. The number of benzene rings is 2. The van der Waals surface area contributed by atoms with Gasteiger partial charge in [0.25, 0.3) is 5.76 Å². The maximum Gasteiger partial charge on any atom is 0.387 e. The Bertz CT molecular complexity index is 729. The second-order valence-corrected chi connectivity index (χ2v) is 6.15. The number of carbonyl (C=O) groups excluding carboxylic acids is 1. The average Bonchev–Trinajstić information content (AvgIpc) is 2.52. The Labute approximate surface area is 150 Å². The second kappa shape index (κ2) is 8.96. The van der Waals surface area contributed by atoms with Crippen LogP contribution in [0.25, 0.3) is 0 Å². The number of thioether (sulfide) groups is 1. The van der Waals surface area contributed by atoms with Crippen LogP contribution < -0.4 is 10.1 Å². The van der Waals surface area contributed by atoms with E-state index in [0.717, 1.165) is 0 Å². The molecule has 2 aromatic rings. The Morgan fingerprint density at radius 1 is 1.12 bits per heavy atom. The number of nitrogens with one attached hydrogen (secondary N) is 1. The number of halogens is 5. The van der Waals surface area contributed by atoms with Gasteiger partial charge < -0.3 is 10.1 Å². The third-order valence-electron chi connectivity index (χ3n) is 2.96. The van der Waals surface area contributed by atoms with E-state index in [0.29, 0.717) is 5.56 Å². The molecule has 1 amide bonds. The smallest absolute Gasteiger partial charge is 0.387 e. The summed E-state index contributed by atoms with van der Waals surface area (Å²) in [6.07, 6.45) is -0.0692. The summed E-state index contributed by atoms with van der Waals surface area (Å²) in [6, 6.07) is 9.99. The van der Waals surface area contributed by atoms with Crippen molar-refractivity contribution in [3.05, 3.63) is 53.1 Å².